The van der Waals surface area contributed by atoms with E-state index in [4.69, 9.17) is 4.74 Å². The SMILES string of the molecule is COC(=O)c1ccc([C@@H]2C[C@@H](OC)CC[C@@H]2O)cc1. The van der Waals surface area contributed by atoms with Crippen molar-refractivity contribution < 1.29 is 19.4 Å². The van der Waals surface area contributed by atoms with E-state index in [-0.39, 0.29) is 24.1 Å². The third-order valence-corrected chi connectivity index (χ3v) is 3.86. The first-order valence-electron chi connectivity index (χ1n) is 6.55. The Bertz CT molecular complexity index is 426. The lowest BCUT2D eigenvalue weighted by Crippen LogP contribution is -2.31. The zero-order chi connectivity index (χ0) is 13.8. The molecule has 4 heteroatoms. The van der Waals surface area contributed by atoms with Crippen molar-refractivity contribution >= 4 is 5.97 Å². The van der Waals surface area contributed by atoms with Crippen molar-refractivity contribution in [3.8, 4) is 0 Å². The number of aliphatic hydroxyl groups is 1. The number of methoxy groups -OCH3 is 2. The molecule has 4 nitrogen and oxygen atoms in total. The summed E-state index contributed by atoms with van der Waals surface area (Å²) < 4.78 is 10.1. The van der Waals surface area contributed by atoms with Crippen LogP contribution in [0.15, 0.2) is 24.3 Å². The molecule has 1 aliphatic carbocycles. The largest absolute Gasteiger partial charge is 0.465 e. The van der Waals surface area contributed by atoms with Gasteiger partial charge in [0.2, 0.25) is 0 Å². The van der Waals surface area contributed by atoms with E-state index in [0.29, 0.717) is 5.56 Å². The van der Waals surface area contributed by atoms with E-state index in [2.05, 4.69) is 4.74 Å². The molecule has 0 radical (unpaired) electrons. The van der Waals surface area contributed by atoms with Gasteiger partial charge in [-0.05, 0) is 37.0 Å². The molecule has 1 saturated carbocycles. The van der Waals surface area contributed by atoms with Gasteiger partial charge in [0.1, 0.15) is 0 Å². The van der Waals surface area contributed by atoms with E-state index < -0.39 is 0 Å². The van der Waals surface area contributed by atoms with Crippen molar-refractivity contribution in [2.75, 3.05) is 14.2 Å². The zero-order valence-corrected chi connectivity index (χ0v) is 11.3. The lowest BCUT2D eigenvalue weighted by molar-refractivity contribution is 0.00981. The molecule has 0 amide bonds. The highest BCUT2D eigenvalue weighted by molar-refractivity contribution is 5.89. The minimum Gasteiger partial charge on any atom is -0.465 e. The third kappa shape index (κ3) is 3.14. The molecule has 0 aliphatic heterocycles. The summed E-state index contributed by atoms with van der Waals surface area (Å²) in [7, 11) is 3.07. The Hall–Kier alpha value is -1.39. The number of hydrogen-bond donors (Lipinski definition) is 1. The fourth-order valence-corrected chi connectivity index (χ4v) is 2.67. The molecule has 0 unspecified atom stereocenters. The number of carbonyl (C=O) groups excluding carboxylic acids is 1. The molecule has 2 rings (SSSR count). The molecule has 1 N–H and O–H groups in total. The van der Waals surface area contributed by atoms with Crippen molar-refractivity contribution in [2.24, 2.45) is 0 Å². The van der Waals surface area contributed by atoms with Gasteiger partial charge in [-0.1, -0.05) is 12.1 Å². The van der Waals surface area contributed by atoms with Gasteiger partial charge in [-0.15, -0.1) is 0 Å². The topological polar surface area (TPSA) is 55.8 Å². The third-order valence-electron chi connectivity index (χ3n) is 3.86. The number of carbonyl (C=O) groups is 1. The molecular weight excluding hydrogens is 244 g/mol. The fraction of sp³-hybridized carbons (Fsp3) is 0.533. The number of aliphatic hydroxyl groups excluding tert-OH is 1. The van der Waals surface area contributed by atoms with Gasteiger partial charge in [-0.3, -0.25) is 0 Å². The lowest BCUT2D eigenvalue weighted by Gasteiger charge is -2.32. The molecule has 1 fully saturated rings. The van der Waals surface area contributed by atoms with Crippen molar-refractivity contribution in [2.45, 2.75) is 37.4 Å². The number of ether oxygens (including phenoxy) is 2. The highest BCUT2D eigenvalue weighted by Gasteiger charge is 2.30. The van der Waals surface area contributed by atoms with Crippen LogP contribution >= 0.6 is 0 Å². The van der Waals surface area contributed by atoms with Crippen molar-refractivity contribution in [3.63, 3.8) is 0 Å². The van der Waals surface area contributed by atoms with Crippen LogP contribution in [-0.4, -0.2) is 37.5 Å². The van der Waals surface area contributed by atoms with E-state index >= 15 is 0 Å². The Kier molecular flexibility index (Phi) is 4.56. The van der Waals surface area contributed by atoms with Crippen LogP contribution in [0.4, 0.5) is 0 Å². The summed E-state index contributed by atoms with van der Waals surface area (Å²) in [5.41, 5.74) is 1.57. The molecule has 0 spiro atoms. The summed E-state index contributed by atoms with van der Waals surface area (Å²) in [5, 5.41) is 10.1. The number of hydrogen-bond acceptors (Lipinski definition) is 4. The lowest BCUT2D eigenvalue weighted by atomic mass is 9.80. The van der Waals surface area contributed by atoms with Gasteiger partial charge >= 0.3 is 5.97 Å². The summed E-state index contributed by atoms with van der Waals surface area (Å²) in [6.07, 6.45) is 2.33. The normalized spacial score (nSPS) is 27.0. The summed E-state index contributed by atoms with van der Waals surface area (Å²) in [6.45, 7) is 0. The standard InChI is InChI=1S/C15H20O4/c1-18-12-7-8-14(16)13(9-12)10-3-5-11(6-4-10)15(17)19-2/h3-6,12-14,16H,7-9H2,1-2H3/t12-,13-,14-/m0/s1. The molecular formula is C15H20O4. The van der Waals surface area contributed by atoms with Crippen LogP contribution in [0, 0.1) is 0 Å². The second kappa shape index (κ2) is 6.17. The first kappa shape index (κ1) is 14.0. The second-order valence-corrected chi connectivity index (χ2v) is 4.96. The minimum atomic E-state index is -0.342. The van der Waals surface area contributed by atoms with Crippen LogP contribution in [0.1, 0.15) is 41.1 Å². The number of rotatable bonds is 3. The summed E-state index contributed by atoms with van der Waals surface area (Å²) in [6, 6.07) is 7.25. The summed E-state index contributed by atoms with van der Waals surface area (Å²) >= 11 is 0. The molecule has 0 saturated heterocycles. The predicted molar refractivity (Wildman–Crippen MR) is 71.2 cm³/mol. The van der Waals surface area contributed by atoms with E-state index in [1.807, 2.05) is 12.1 Å². The number of esters is 1. The Balaban J connectivity index is 2.14. The molecule has 0 bridgehead atoms. The van der Waals surface area contributed by atoms with Gasteiger partial charge in [-0.2, -0.15) is 0 Å². The van der Waals surface area contributed by atoms with Crippen LogP contribution in [-0.2, 0) is 9.47 Å². The van der Waals surface area contributed by atoms with Gasteiger partial charge < -0.3 is 14.6 Å². The fourth-order valence-electron chi connectivity index (χ4n) is 2.67. The Morgan fingerprint density at radius 1 is 1.21 bits per heavy atom. The van der Waals surface area contributed by atoms with Gasteiger partial charge in [0, 0.05) is 13.0 Å². The van der Waals surface area contributed by atoms with Gasteiger partial charge in [-0.25, -0.2) is 4.79 Å². The maximum Gasteiger partial charge on any atom is 0.337 e. The van der Waals surface area contributed by atoms with E-state index in [1.165, 1.54) is 7.11 Å². The maximum atomic E-state index is 11.4. The Morgan fingerprint density at radius 3 is 2.47 bits per heavy atom. The molecule has 19 heavy (non-hydrogen) atoms. The van der Waals surface area contributed by atoms with E-state index in [9.17, 15) is 9.90 Å². The molecule has 3 atom stereocenters. The first-order valence-corrected chi connectivity index (χ1v) is 6.55. The van der Waals surface area contributed by atoms with E-state index in [0.717, 1.165) is 24.8 Å². The predicted octanol–water partition coefficient (Wildman–Crippen LogP) is 2.12. The van der Waals surface area contributed by atoms with Gasteiger partial charge in [0.05, 0.1) is 24.9 Å². The first-order chi connectivity index (χ1) is 9.15. The Labute approximate surface area is 113 Å². The molecule has 1 aliphatic rings. The second-order valence-electron chi connectivity index (χ2n) is 4.96. The van der Waals surface area contributed by atoms with Crippen LogP contribution in [0.2, 0.25) is 0 Å². The summed E-state index contributed by atoms with van der Waals surface area (Å²) in [4.78, 5) is 11.4. The van der Waals surface area contributed by atoms with Crippen molar-refractivity contribution in [1.82, 2.24) is 0 Å². The number of benzene rings is 1. The highest BCUT2D eigenvalue weighted by Crippen LogP contribution is 2.34. The van der Waals surface area contributed by atoms with E-state index in [1.54, 1.807) is 19.2 Å². The van der Waals surface area contributed by atoms with Crippen molar-refractivity contribution in [1.29, 1.82) is 0 Å². The molecule has 0 heterocycles. The quantitative estimate of drug-likeness (QED) is 0.850. The average Bonchev–Trinajstić information content (AvgIpc) is 2.47. The highest BCUT2D eigenvalue weighted by atomic mass is 16.5. The smallest absolute Gasteiger partial charge is 0.337 e. The van der Waals surface area contributed by atoms with Crippen LogP contribution < -0.4 is 0 Å². The molecule has 0 aromatic heterocycles. The molecule has 104 valence electrons. The monoisotopic (exact) mass is 264 g/mol. The zero-order valence-electron chi connectivity index (χ0n) is 11.3. The molecule has 1 aromatic carbocycles. The maximum absolute atomic E-state index is 11.4. The van der Waals surface area contributed by atoms with Crippen LogP contribution in [0.25, 0.3) is 0 Å². The van der Waals surface area contributed by atoms with Crippen molar-refractivity contribution in [3.05, 3.63) is 35.4 Å². The molecule has 1 aromatic rings. The van der Waals surface area contributed by atoms with Gasteiger partial charge in [0.15, 0.2) is 0 Å². The average molecular weight is 264 g/mol. The Morgan fingerprint density at radius 2 is 1.89 bits per heavy atom. The van der Waals surface area contributed by atoms with Crippen LogP contribution in [0.5, 0.6) is 0 Å². The summed E-state index contributed by atoms with van der Waals surface area (Å²) in [5.74, 6) is -0.268. The minimum absolute atomic E-state index is 0.0744. The van der Waals surface area contributed by atoms with Gasteiger partial charge in [0.25, 0.3) is 0 Å². The van der Waals surface area contributed by atoms with Crippen LogP contribution in [0.3, 0.4) is 0 Å².